The van der Waals surface area contributed by atoms with Gasteiger partial charge >= 0.3 is 0 Å². The van der Waals surface area contributed by atoms with E-state index in [0.717, 1.165) is 18.8 Å². The zero-order valence-electron chi connectivity index (χ0n) is 13.2. The molecule has 1 unspecified atom stereocenters. The van der Waals surface area contributed by atoms with Crippen LogP contribution in [0.1, 0.15) is 5.56 Å². The molecule has 1 heterocycles. The van der Waals surface area contributed by atoms with Gasteiger partial charge in [0.25, 0.3) is 5.91 Å². The summed E-state index contributed by atoms with van der Waals surface area (Å²) < 4.78 is 17.5. The molecule has 0 saturated carbocycles. The standard InChI is InChI=1S/C18H21NO3.ClH/c1-20-18(22-17-10-6-3-7-11-17)15-21-13-12-19(18)14-16-8-4-2-5-9-16;/h2-11H,12-15H2,1H3;1H. The van der Waals surface area contributed by atoms with Crippen molar-refractivity contribution >= 4 is 12.4 Å². The van der Waals surface area contributed by atoms with Gasteiger partial charge in [0.15, 0.2) is 0 Å². The maximum absolute atomic E-state index is 6.16. The molecular formula is C18H22ClNO3. The molecule has 2 aromatic carbocycles. The summed E-state index contributed by atoms with van der Waals surface area (Å²) in [6.45, 7) is 2.57. The van der Waals surface area contributed by atoms with Crippen LogP contribution < -0.4 is 4.74 Å². The fourth-order valence-corrected chi connectivity index (χ4v) is 2.64. The molecule has 0 amide bonds. The Hall–Kier alpha value is -1.59. The summed E-state index contributed by atoms with van der Waals surface area (Å²) in [7, 11) is 1.66. The Balaban J connectivity index is 0.00000192. The third-order valence-electron chi connectivity index (χ3n) is 3.83. The second kappa shape index (κ2) is 8.31. The maximum atomic E-state index is 6.16. The van der Waals surface area contributed by atoms with Gasteiger partial charge in [-0.25, -0.2) is 4.90 Å². The number of morpholine rings is 1. The molecule has 2 aromatic rings. The minimum atomic E-state index is -0.893. The topological polar surface area (TPSA) is 30.9 Å². The monoisotopic (exact) mass is 335 g/mol. The van der Waals surface area contributed by atoms with Crippen molar-refractivity contribution < 1.29 is 14.2 Å². The van der Waals surface area contributed by atoms with Crippen LogP contribution in [0, 0.1) is 0 Å². The second-order valence-corrected chi connectivity index (χ2v) is 5.29. The van der Waals surface area contributed by atoms with E-state index in [2.05, 4.69) is 17.0 Å². The maximum Gasteiger partial charge on any atom is 0.297 e. The summed E-state index contributed by atoms with van der Waals surface area (Å²) >= 11 is 0. The molecule has 0 spiro atoms. The summed E-state index contributed by atoms with van der Waals surface area (Å²) in [5.41, 5.74) is 1.22. The van der Waals surface area contributed by atoms with Gasteiger partial charge < -0.3 is 14.2 Å². The Morgan fingerprint density at radius 1 is 1.04 bits per heavy atom. The third-order valence-corrected chi connectivity index (χ3v) is 3.83. The van der Waals surface area contributed by atoms with Gasteiger partial charge in [0.05, 0.1) is 6.61 Å². The molecule has 1 atom stereocenters. The second-order valence-electron chi connectivity index (χ2n) is 5.29. The molecule has 0 aliphatic carbocycles. The minimum Gasteiger partial charge on any atom is -0.447 e. The van der Waals surface area contributed by atoms with Gasteiger partial charge in [0.1, 0.15) is 12.4 Å². The highest BCUT2D eigenvalue weighted by Gasteiger charge is 2.42. The SMILES string of the molecule is COC1(Oc2ccccc2)COCCN1Cc1ccccc1.Cl. The molecule has 0 aromatic heterocycles. The molecule has 0 radical (unpaired) electrons. The zero-order valence-corrected chi connectivity index (χ0v) is 14.0. The number of ether oxygens (including phenoxy) is 3. The lowest BCUT2D eigenvalue weighted by molar-refractivity contribution is -0.310. The first-order valence-electron chi connectivity index (χ1n) is 7.48. The molecule has 0 N–H and O–H groups in total. The first kappa shape index (κ1) is 17.8. The highest BCUT2D eigenvalue weighted by Crippen LogP contribution is 2.27. The number of halogens is 1. The Morgan fingerprint density at radius 3 is 2.35 bits per heavy atom. The Bertz CT molecular complexity index is 581. The fourth-order valence-electron chi connectivity index (χ4n) is 2.64. The Kier molecular flexibility index (Phi) is 6.42. The number of rotatable bonds is 5. The summed E-state index contributed by atoms with van der Waals surface area (Å²) in [5, 5.41) is 0. The van der Waals surface area contributed by atoms with E-state index in [0.29, 0.717) is 13.2 Å². The van der Waals surface area contributed by atoms with Gasteiger partial charge in [-0.15, -0.1) is 12.4 Å². The highest BCUT2D eigenvalue weighted by molar-refractivity contribution is 5.85. The minimum absolute atomic E-state index is 0. The van der Waals surface area contributed by atoms with Crippen LogP contribution in [-0.2, 0) is 16.0 Å². The lowest BCUT2D eigenvalue weighted by Crippen LogP contribution is -2.61. The van der Waals surface area contributed by atoms with E-state index in [1.807, 2.05) is 48.5 Å². The number of benzene rings is 2. The van der Waals surface area contributed by atoms with E-state index in [1.165, 1.54) is 5.56 Å². The van der Waals surface area contributed by atoms with Crippen LogP contribution in [0.25, 0.3) is 0 Å². The van der Waals surface area contributed by atoms with E-state index >= 15 is 0 Å². The van der Waals surface area contributed by atoms with Crippen LogP contribution in [0.15, 0.2) is 60.7 Å². The Morgan fingerprint density at radius 2 is 1.70 bits per heavy atom. The molecule has 5 heteroatoms. The molecule has 124 valence electrons. The van der Waals surface area contributed by atoms with Crippen LogP contribution in [-0.4, -0.2) is 37.7 Å². The van der Waals surface area contributed by atoms with Crippen molar-refractivity contribution in [2.45, 2.75) is 12.5 Å². The van der Waals surface area contributed by atoms with Gasteiger partial charge in [-0.3, -0.25) is 0 Å². The van der Waals surface area contributed by atoms with Gasteiger partial charge in [-0.05, 0) is 17.7 Å². The summed E-state index contributed by atoms with van der Waals surface area (Å²) in [6, 6.07) is 20.0. The molecular weight excluding hydrogens is 314 g/mol. The van der Waals surface area contributed by atoms with Crippen LogP contribution in [0.2, 0.25) is 0 Å². The van der Waals surface area contributed by atoms with Crippen molar-refractivity contribution in [2.75, 3.05) is 26.9 Å². The van der Waals surface area contributed by atoms with Gasteiger partial charge in [-0.1, -0.05) is 48.5 Å². The van der Waals surface area contributed by atoms with Gasteiger partial charge in [0.2, 0.25) is 0 Å². The quantitative estimate of drug-likeness (QED) is 0.784. The lowest BCUT2D eigenvalue weighted by Gasteiger charge is -2.44. The summed E-state index contributed by atoms with van der Waals surface area (Å²) in [4.78, 5) is 2.18. The summed E-state index contributed by atoms with van der Waals surface area (Å²) in [6.07, 6.45) is 0. The van der Waals surface area contributed by atoms with Crippen LogP contribution in [0.3, 0.4) is 0 Å². The van der Waals surface area contributed by atoms with E-state index in [4.69, 9.17) is 14.2 Å². The molecule has 1 aliphatic rings. The van der Waals surface area contributed by atoms with Crippen molar-refractivity contribution in [1.82, 2.24) is 4.90 Å². The van der Waals surface area contributed by atoms with E-state index in [1.54, 1.807) is 7.11 Å². The van der Waals surface area contributed by atoms with Crippen LogP contribution >= 0.6 is 12.4 Å². The van der Waals surface area contributed by atoms with E-state index in [-0.39, 0.29) is 12.4 Å². The van der Waals surface area contributed by atoms with Crippen molar-refractivity contribution in [3.05, 3.63) is 66.2 Å². The predicted octanol–water partition coefficient (Wildman–Crippen LogP) is 3.32. The molecule has 1 saturated heterocycles. The molecule has 1 fully saturated rings. The van der Waals surface area contributed by atoms with Crippen LogP contribution in [0.4, 0.5) is 0 Å². The molecule has 3 rings (SSSR count). The van der Waals surface area contributed by atoms with Crippen molar-refractivity contribution in [2.24, 2.45) is 0 Å². The smallest absolute Gasteiger partial charge is 0.297 e. The van der Waals surface area contributed by atoms with Crippen molar-refractivity contribution in [1.29, 1.82) is 0 Å². The number of hydrogen-bond donors (Lipinski definition) is 0. The first-order valence-corrected chi connectivity index (χ1v) is 7.48. The average Bonchev–Trinajstić information content (AvgIpc) is 2.58. The number of nitrogens with zero attached hydrogens (tertiary/aromatic N) is 1. The van der Waals surface area contributed by atoms with Gasteiger partial charge in [-0.2, -0.15) is 0 Å². The lowest BCUT2D eigenvalue weighted by atomic mass is 10.2. The highest BCUT2D eigenvalue weighted by atomic mass is 35.5. The molecule has 1 aliphatic heterocycles. The van der Waals surface area contributed by atoms with Gasteiger partial charge in [0, 0.05) is 20.2 Å². The van der Waals surface area contributed by atoms with E-state index < -0.39 is 5.91 Å². The fraction of sp³-hybridized carbons (Fsp3) is 0.333. The first-order chi connectivity index (χ1) is 10.8. The predicted molar refractivity (Wildman–Crippen MR) is 91.7 cm³/mol. The number of hydrogen-bond acceptors (Lipinski definition) is 4. The normalized spacial score (nSPS) is 21.4. The third kappa shape index (κ3) is 4.24. The number of methoxy groups -OCH3 is 1. The van der Waals surface area contributed by atoms with Crippen molar-refractivity contribution in [3.8, 4) is 5.75 Å². The average molecular weight is 336 g/mol. The van der Waals surface area contributed by atoms with E-state index in [9.17, 15) is 0 Å². The zero-order chi connectivity index (χ0) is 15.3. The van der Waals surface area contributed by atoms with Crippen molar-refractivity contribution in [3.63, 3.8) is 0 Å². The molecule has 4 nitrogen and oxygen atoms in total. The summed E-state index contributed by atoms with van der Waals surface area (Å²) in [5.74, 6) is -0.122. The van der Waals surface area contributed by atoms with Crippen LogP contribution in [0.5, 0.6) is 5.75 Å². The molecule has 23 heavy (non-hydrogen) atoms. The number of para-hydroxylation sites is 1. The molecule has 0 bridgehead atoms. The largest absolute Gasteiger partial charge is 0.447 e. The Labute approximate surface area is 143 Å².